The minimum atomic E-state index is -0.460. The van der Waals surface area contributed by atoms with E-state index < -0.39 is 6.04 Å². The summed E-state index contributed by atoms with van der Waals surface area (Å²) in [5.74, 6) is 0.814. The number of piperazine rings is 1. The van der Waals surface area contributed by atoms with Crippen molar-refractivity contribution in [1.29, 1.82) is 0 Å². The average Bonchev–Trinajstić information content (AvgIpc) is 3.11. The summed E-state index contributed by atoms with van der Waals surface area (Å²) in [4.78, 5) is 32.0. The van der Waals surface area contributed by atoms with Crippen LogP contribution in [0.25, 0.3) is 0 Å². The van der Waals surface area contributed by atoms with Gasteiger partial charge in [-0.1, -0.05) is 37.3 Å². The maximum Gasteiger partial charge on any atom is 0.245 e. The summed E-state index contributed by atoms with van der Waals surface area (Å²) in [6.45, 7) is 8.48. The van der Waals surface area contributed by atoms with Crippen molar-refractivity contribution >= 4 is 17.6 Å². The molecule has 2 aliphatic rings. The van der Waals surface area contributed by atoms with Crippen molar-refractivity contribution in [3.05, 3.63) is 47.7 Å². The molecule has 0 unspecified atom stereocenters. The Kier molecular flexibility index (Phi) is 5.67. The third kappa shape index (κ3) is 4.05. The quantitative estimate of drug-likeness (QED) is 0.777. The largest absolute Gasteiger partial charge is 0.338 e. The van der Waals surface area contributed by atoms with Crippen LogP contribution in [0, 0.1) is 6.92 Å². The van der Waals surface area contributed by atoms with Gasteiger partial charge in [-0.25, -0.2) is 4.68 Å². The van der Waals surface area contributed by atoms with Crippen molar-refractivity contribution in [3.63, 3.8) is 0 Å². The molecule has 0 N–H and O–H groups in total. The molecule has 0 radical (unpaired) electrons. The summed E-state index contributed by atoms with van der Waals surface area (Å²) < 4.78 is 1.85. The Morgan fingerprint density at radius 2 is 1.83 bits per heavy atom. The molecule has 0 saturated carbocycles. The van der Waals surface area contributed by atoms with Crippen LogP contribution >= 0.6 is 0 Å². The van der Waals surface area contributed by atoms with Crippen LogP contribution in [0.5, 0.6) is 0 Å². The van der Waals surface area contributed by atoms with Gasteiger partial charge >= 0.3 is 0 Å². The smallest absolute Gasteiger partial charge is 0.245 e. The first-order valence-corrected chi connectivity index (χ1v) is 10.5. The van der Waals surface area contributed by atoms with E-state index >= 15 is 0 Å². The number of fused-ring (bicyclic) bond motifs is 1. The molecule has 1 atom stereocenters. The zero-order valence-corrected chi connectivity index (χ0v) is 17.3. The average molecular weight is 396 g/mol. The molecule has 0 spiro atoms. The lowest BCUT2D eigenvalue weighted by Crippen LogP contribution is -2.57. The molecule has 0 bridgehead atoms. The Morgan fingerprint density at radius 3 is 2.52 bits per heavy atom. The fourth-order valence-corrected chi connectivity index (χ4v) is 4.32. The number of anilines is 1. The molecule has 1 aromatic carbocycles. The number of aromatic nitrogens is 2. The molecule has 29 heavy (non-hydrogen) atoms. The van der Waals surface area contributed by atoms with Crippen LogP contribution in [0.2, 0.25) is 0 Å². The highest BCUT2D eigenvalue weighted by Gasteiger charge is 2.37. The van der Waals surface area contributed by atoms with Gasteiger partial charge in [-0.15, -0.1) is 0 Å². The molecule has 7 nitrogen and oxygen atoms in total. The van der Waals surface area contributed by atoms with E-state index in [4.69, 9.17) is 0 Å². The maximum absolute atomic E-state index is 13.3. The van der Waals surface area contributed by atoms with E-state index in [1.807, 2.05) is 35.6 Å². The lowest BCUT2D eigenvalue weighted by atomic mass is 10.1. The molecule has 4 rings (SSSR count). The molecule has 154 valence electrons. The molecule has 2 aromatic rings. The molecule has 2 amide bonds. The Bertz CT molecular complexity index is 871. The van der Waals surface area contributed by atoms with Gasteiger partial charge < -0.3 is 4.90 Å². The fraction of sp³-hybridized carbons (Fsp3) is 0.500. The second-order valence-electron chi connectivity index (χ2n) is 7.89. The van der Waals surface area contributed by atoms with Crippen LogP contribution in [-0.2, 0) is 22.7 Å². The Morgan fingerprint density at radius 1 is 1.10 bits per heavy atom. The van der Waals surface area contributed by atoms with E-state index in [2.05, 4.69) is 34.3 Å². The topological polar surface area (TPSA) is 61.7 Å². The van der Waals surface area contributed by atoms with Gasteiger partial charge in [-0.05, 0) is 18.9 Å². The van der Waals surface area contributed by atoms with Crippen molar-refractivity contribution in [3.8, 4) is 0 Å². The van der Waals surface area contributed by atoms with Gasteiger partial charge in [0.15, 0.2) is 0 Å². The fourth-order valence-electron chi connectivity index (χ4n) is 4.32. The third-order valence-corrected chi connectivity index (χ3v) is 5.85. The minimum Gasteiger partial charge on any atom is -0.338 e. The first-order valence-electron chi connectivity index (χ1n) is 10.5. The van der Waals surface area contributed by atoms with E-state index in [1.165, 1.54) is 5.56 Å². The van der Waals surface area contributed by atoms with Crippen molar-refractivity contribution in [2.75, 3.05) is 31.1 Å². The number of hydrogen-bond donors (Lipinski definition) is 0. The monoisotopic (exact) mass is 395 g/mol. The molecular weight excluding hydrogens is 366 g/mol. The van der Waals surface area contributed by atoms with Gasteiger partial charge in [0.25, 0.3) is 0 Å². The number of rotatable bonds is 5. The lowest BCUT2D eigenvalue weighted by molar-refractivity contribution is -0.136. The van der Waals surface area contributed by atoms with E-state index in [0.717, 1.165) is 31.1 Å². The maximum atomic E-state index is 13.3. The SMILES string of the molecule is CC[C@@H](C(=O)N1CCN(Cc2ccccc2)CC1)N1C(=O)CCn2nc(C)cc21. The lowest BCUT2D eigenvalue weighted by Gasteiger charge is -2.39. The van der Waals surface area contributed by atoms with E-state index in [9.17, 15) is 9.59 Å². The highest BCUT2D eigenvalue weighted by atomic mass is 16.2. The Balaban J connectivity index is 1.43. The molecule has 2 aliphatic heterocycles. The van der Waals surface area contributed by atoms with E-state index in [0.29, 0.717) is 32.5 Å². The number of aryl methyl sites for hydroxylation is 2. The molecule has 3 heterocycles. The molecule has 1 aromatic heterocycles. The standard InChI is InChI=1S/C22H29N5O2/c1-3-19(27-20-15-17(2)23-26(20)10-9-21(27)28)22(29)25-13-11-24(12-14-25)16-18-7-5-4-6-8-18/h4-8,15,19H,3,9-14,16H2,1-2H3/t19-/m0/s1. The van der Waals surface area contributed by atoms with Crippen LogP contribution in [0.1, 0.15) is 31.0 Å². The summed E-state index contributed by atoms with van der Waals surface area (Å²) in [5.41, 5.74) is 2.16. The zero-order chi connectivity index (χ0) is 20.4. The van der Waals surface area contributed by atoms with Gasteiger partial charge in [-0.2, -0.15) is 5.10 Å². The highest BCUT2D eigenvalue weighted by Crippen LogP contribution is 2.27. The molecule has 7 heteroatoms. The summed E-state index contributed by atoms with van der Waals surface area (Å²) in [7, 11) is 0. The predicted molar refractivity (Wildman–Crippen MR) is 111 cm³/mol. The van der Waals surface area contributed by atoms with Gasteiger partial charge in [0, 0.05) is 45.2 Å². The summed E-state index contributed by atoms with van der Waals surface area (Å²) in [6.07, 6.45) is 0.988. The van der Waals surface area contributed by atoms with Crippen molar-refractivity contribution < 1.29 is 9.59 Å². The predicted octanol–water partition coefficient (Wildman–Crippen LogP) is 2.05. The summed E-state index contributed by atoms with van der Waals surface area (Å²) >= 11 is 0. The first-order chi connectivity index (χ1) is 14.1. The van der Waals surface area contributed by atoms with Crippen LogP contribution in [0.15, 0.2) is 36.4 Å². The van der Waals surface area contributed by atoms with Crippen LogP contribution < -0.4 is 4.90 Å². The molecular formula is C22H29N5O2. The second-order valence-corrected chi connectivity index (χ2v) is 7.89. The summed E-state index contributed by atoms with van der Waals surface area (Å²) in [6, 6.07) is 11.9. The number of carbonyl (C=O) groups is 2. The zero-order valence-electron chi connectivity index (χ0n) is 17.3. The van der Waals surface area contributed by atoms with Crippen molar-refractivity contribution in [1.82, 2.24) is 19.6 Å². The Hall–Kier alpha value is -2.67. The van der Waals surface area contributed by atoms with Crippen LogP contribution in [0.3, 0.4) is 0 Å². The second kappa shape index (κ2) is 8.37. The van der Waals surface area contributed by atoms with Crippen LogP contribution in [0.4, 0.5) is 5.82 Å². The first kappa shape index (κ1) is 19.6. The number of benzene rings is 1. The van der Waals surface area contributed by atoms with Gasteiger partial charge in [0.1, 0.15) is 11.9 Å². The van der Waals surface area contributed by atoms with E-state index in [1.54, 1.807) is 4.90 Å². The Labute approximate surface area is 171 Å². The highest BCUT2D eigenvalue weighted by molar-refractivity contribution is 6.01. The minimum absolute atomic E-state index is 0.0142. The van der Waals surface area contributed by atoms with Crippen molar-refractivity contribution in [2.24, 2.45) is 0 Å². The normalized spacial score (nSPS) is 18.6. The van der Waals surface area contributed by atoms with Crippen molar-refractivity contribution in [2.45, 2.75) is 45.8 Å². The van der Waals surface area contributed by atoms with Gasteiger partial charge in [0.05, 0.1) is 12.2 Å². The molecule has 1 saturated heterocycles. The van der Waals surface area contributed by atoms with Gasteiger partial charge in [-0.3, -0.25) is 19.4 Å². The third-order valence-electron chi connectivity index (χ3n) is 5.85. The number of carbonyl (C=O) groups excluding carboxylic acids is 2. The number of hydrogen-bond acceptors (Lipinski definition) is 4. The van der Waals surface area contributed by atoms with Gasteiger partial charge in [0.2, 0.25) is 11.8 Å². The van der Waals surface area contributed by atoms with Crippen LogP contribution in [-0.4, -0.2) is 63.6 Å². The summed E-state index contributed by atoms with van der Waals surface area (Å²) in [5, 5.41) is 4.47. The van der Waals surface area contributed by atoms with E-state index in [-0.39, 0.29) is 11.8 Å². The number of amides is 2. The number of nitrogens with zero attached hydrogens (tertiary/aromatic N) is 5. The molecule has 1 fully saturated rings. The molecule has 0 aliphatic carbocycles.